The van der Waals surface area contributed by atoms with Gasteiger partial charge in [0.1, 0.15) is 6.61 Å². The van der Waals surface area contributed by atoms with Crippen LogP contribution in [0.1, 0.15) is 37.2 Å². The minimum absolute atomic E-state index is 0.0175. The van der Waals surface area contributed by atoms with Gasteiger partial charge in [0.05, 0.1) is 5.54 Å². The minimum atomic E-state index is -0.360. The largest absolute Gasteiger partial charge is 0.447 e. The van der Waals surface area contributed by atoms with Crippen molar-refractivity contribution >= 4 is 23.6 Å². The number of hydrogen-bond donors (Lipinski definition) is 1. The number of hydrogen-bond acceptors (Lipinski definition) is 3. The molecule has 0 radical (unpaired) electrons. The first kappa shape index (κ1) is 15.8. The fraction of sp³-hybridized carbons (Fsp3) is 0.556. The Morgan fingerprint density at radius 1 is 1.25 bits per heavy atom. The van der Waals surface area contributed by atoms with Crippen molar-refractivity contribution in [2.24, 2.45) is 5.92 Å². The summed E-state index contributed by atoms with van der Waals surface area (Å²) in [6, 6.07) is 7.98. The van der Waals surface area contributed by atoms with E-state index in [4.69, 9.17) is 16.3 Å². The van der Waals surface area contributed by atoms with E-state index in [2.05, 4.69) is 11.4 Å². The molecule has 1 saturated carbocycles. The van der Waals surface area contributed by atoms with Crippen LogP contribution in [0, 0.1) is 5.92 Å². The summed E-state index contributed by atoms with van der Waals surface area (Å²) in [6.45, 7) is 1.95. The molecule has 2 aliphatic heterocycles. The number of piperidine rings is 1. The van der Waals surface area contributed by atoms with Gasteiger partial charge in [-0.05, 0) is 43.2 Å². The molecule has 1 aliphatic carbocycles. The third kappa shape index (κ3) is 2.75. The monoisotopic (exact) mass is 348 g/mol. The van der Waals surface area contributed by atoms with Crippen molar-refractivity contribution in [1.29, 1.82) is 0 Å². The van der Waals surface area contributed by atoms with E-state index in [1.165, 1.54) is 5.56 Å². The molecule has 1 spiro atoms. The third-order valence-electron chi connectivity index (χ3n) is 5.62. The Morgan fingerprint density at radius 3 is 2.58 bits per heavy atom. The number of rotatable bonds is 2. The van der Waals surface area contributed by atoms with Crippen molar-refractivity contribution in [3.05, 3.63) is 34.9 Å². The molecule has 0 atom stereocenters. The Hall–Kier alpha value is -1.75. The molecule has 0 bridgehead atoms. The SMILES string of the molecule is O=C1NC2(CO1)CC(C(=O)N1CCC(c3ccccc3Cl)CC1)C2. The smallest absolute Gasteiger partial charge is 0.407 e. The van der Waals surface area contributed by atoms with Gasteiger partial charge in [-0.3, -0.25) is 4.79 Å². The Bertz CT molecular complexity index is 664. The van der Waals surface area contributed by atoms with Crippen LogP contribution < -0.4 is 5.32 Å². The summed E-state index contributed by atoms with van der Waals surface area (Å²) in [4.78, 5) is 25.8. The van der Waals surface area contributed by atoms with Gasteiger partial charge < -0.3 is 15.0 Å². The first-order valence-corrected chi connectivity index (χ1v) is 8.92. The maximum Gasteiger partial charge on any atom is 0.407 e. The Kier molecular flexibility index (Phi) is 3.91. The van der Waals surface area contributed by atoms with Gasteiger partial charge in [0.25, 0.3) is 0 Å². The average Bonchev–Trinajstić information content (AvgIpc) is 2.96. The van der Waals surface area contributed by atoms with Crippen molar-refractivity contribution in [1.82, 2.24) is 10.2 Å². The molecular weight excluding hydrogens is 328 g/mol. The van der Waals surface area contributed by atoms with Crippen LogP contribution in [0.25, 0.3) is 0 Å². The normalized spacial score (nSPS) is 30.0. The average molecular weight is 349 g/mol. The van der Waals surface area contributed by atoms with Crippen LogP contribution in [0.4, 0.5) is 4.79 Å². The van der Waals surface area contributed by atoms with E-state index in [0.717, 1.165) is 31.0 Å². The lowest BCUT2D eigenvalue weighted by atomic mass is 9.68. The standard InChI is InChI=1S/C18H21ClN2O3/c19-15-4-2-1-3-14(15)12-5-7-21(8-6-12)16(22)13-9-18(10-13)11-24-17(23)20-18/h1-4,12-13H,5-11H2,(H,20,23). The number of halogens is 1. The Morgan fingerprint density at radius 2 is 1.96 bits per heavy atom. The summed E-state index contributed by atoms with van der Waals surface area (Å²) in [5.41, 5.74) is 0.910. The molecule has 2 amide bonds. The molecule has 4 rings (SSSR count). The van der Waals surface area contributed by atoms with Crippen LogP contribution in [0.2, 0.25) is 5.02 Å². The highest BCUT2D eigenvalue weighted by Gasteiger charge is 2.53. The first-order valence-electron chi connectivity index (χ1n) is 8.54. The van der Waals surface area contributed by atoms with Crippen LogP contribution in [-0.2, 0) is 9.53 Å². The third-order valence-corrected chi connectivity index (χ3v) is 5.97. The summed E-state index contributed by atoms with van der Waals surface area (Å²) in [6.07, 6.45) is 2.94. The minimum Gasteiger partial charge on any atom is -0.447 e. The van der Waals surface area contributed by atoms with Crippen LogP contribution in [0.3, 0.4) is 0 Å². The lowest BCUT2D eigenvalue weighted by Crippen LogP contribution is -2.58. The summed E-state index contributed by atoms with van der Waals surface area (Å²) in [5.74, 6) is 0.668. The first-order chi connectivity index (χ1) is 11.6. The number of amides is 2. The van der Waals surface area contributed by atoms with Crippen LogP contribution in [0.5, 0.6) is 0 Å². The quantitative estimate of drug-likeness (QED) is 0.894. The van der Waals surface area contributed by atoms with Gasteiger partial charge in [-0.1, -0.05) is 29.8 Å². The van der Waals surface area contributed by atoms with E-state index in [0.29, 0.717) is 25.4 Å². The van der Waals surface area contributed by atoms with Crippen LogP contribution in [0.15, 0.2) is 24.3 Å². The second kappa shape index (κ2) is 5.96. The predicted molar refractivity (Wildman–Crippen MR) is 89.9 cm³/mol. The van der Waals surface area contributed by atoms with Gasteiger partial charge in [-0.25, -0.2) is 4.79 Å². The van der Waals surface area contributed by atoms with Crippen LogP contribution in [-0.4, -0.2) is 42.1 Å². The molecule has 5 nitrogen and oxygen atoms in total. The molecule has 128 valence electrons. The van der Waals surface area contributed by atoms with E-state index >= 15 is 0 Å². The molecule has 1 aromatic rings. The fourth-order valence-corrected chi connectivity index (χ4v) is 4.54. The van der Waals surface area contributed by atoms with Gasteiger partial charge in [-0.2, -0.15) is 0 Å². The highest BCUT2D eigenvalue weighted by molar-refractivity contribution is 6.31. The van der Waals surface area contributed by atoms with Crippen molar-refractivity contribution in [2.45, 2.75) is 37.1 Å². The molecule has 0 unspecified atom stereocenters. The number of carbonyl (C=O) groups excluding carboxylic acids is 2. The zero-order chi connectivity index (χ0) is 16.7. The molecule has 1 N–H and O–H groups in total. The number of benzene rings is 1. The Labute approximate surface area is 146 Å². The van der Waals surface area contributed by atoms with Crippen molar-refractivity contribution in [3.63, 3.8) is 0 Å². The summed E-state index contributed by atoms with van der Waals surface area (Å²) < 4.78 is 4.97. The summed E-state index contributed by atoms with van der Waals surface area (Å²) in [5, 5.41) is 3.66. The summed E-state index contributed by atoms with van der Waals surface area (Å²) >= 11 is 6.29. The predicted octanol–water partition coefficient (Wildman–Crippen LogP) is 2.93. The number of nitrogens with zero attached hydrogens (tertiary/aromatic N) is 1. The lowest BCUT2D eigenvalue weighted by Gasteiger charge is -2.45. The Balaban J connectivity index is 1.31. The van der Waals surface area contributed by atoms with Gasteiger partial charge in [0.2, 0.25) is 5.91 Å². The van der Waals surface area contributed by atoms with Crippen molar-refractivity contribution in [3.8, 4) is 0 Å². The van der Waals surface area contributed by atoms with Gasteiger partial charge >= 0.3 is 6.09 Å². The zero-order valence-corrected chi connectivity index (χ0v) is 14.2. The molecule has 6 heteroatoms. The molecular formula is C18H21ClN2O3. The molecule has 2 heterocycles. The number of alkyl carbamates (subject to hydrolysis) is 1. The number of carbonyl (C=O) groups is 2. The number of ether oxygens (including phenoxy) is 1. The summed E-state index contributed by atoms with van der Waals surface area (Å²) in [7, 11) is 0. The topological polar surface area (TPSA) is 58.6 Å². The number of likely N-dealkylation sites (tertiary alicyclic amines) is 1. The van der Waals surface area contributed by atoms with Crippen molar-refractivity contribution in [2.75, 3.05) is 19.7 Å². The molecule has 2 saturated heterocycles. The molecule has 3 fully saturated rings. The molecule has 0 aromatic heterocycles. The number of cyclic esters (lactones) is 1. The second-order valence-corrected chi connectivity index (χ2v) is 7.61. The van der Waals surface area contributed by atoms with E-state index in [1.807, 2.05) is 23.1 Å². The second-order valence-electron chi connectivity index (χ2n) is 7.21. The van der Waals surface area contributed by atoms with Crippen LogP contribution >= 0.6 is 11.6 Å². The van der Waals surface area contributed by atoms with E-state index < -0.39 is 0 Å². The maximum absolute atomic E-state index is 12.7. The lowest BCUT2D eigenvalue weighted by molar-refractivity contribution is -0.142. The highest BCUT2D eigenvalue weighted by atomic mass is 35.5. The van der Waals surface area contributed by atoms with E-state index in [9.17, 15) is 9.59 Å². The zero-order valence-electron chi connectivity index (χ0n) is 13.5. The van der Waals surface area contributed by atoms with Crippen molar-refractivity contribution < 1.29 is 14.3 Å². The van der Waals surface area contributed by atoms with E-state index in [1.54, 1.807) is 0 Å². The fourth-order valence-electron chi connectivity index (χ4n) is 4.25. The van der Waals surface area contributed by atoms with Gasteiger partial charge in [-0.15, -0.1) is 0 Å². The highest BCUT2D eigenvalue weighted by Crippen LogP contribution is 2.42. The molecule has 24 heavy (non-hydrogen) atoms. The van der Waals surface area contributed by atoms with Gasteiger partial charge in [0, 0.05) is 24.0 Å². The number of nitrogens with one attached hydrogen (secondary N) is 1. The van der Waals surface area contributed by atoms with Gasteiger partial charge in [0.15, 0.2) is 0 Å². The maximum atomic E-state index is 12.7. The van der Waals surface area contributed by atoms with E-state index in [-0.39, 0.29) is 23.5 Å². The molecule has 3 aliphatic rings. The molecule has 1 aromatic carbocycles.